The highest BCUT2D eigenvalue weighted by Gasteiger charge is 2.18. The van der Waals surface area contributed by atoms with Crippen LogP contribution in [0.15, 0.2) is 72.9 Å². The first-order chi connectivity index (χ1) is 14.2. The standard InChI is InChI=1S/C23H23FN4O/c24-21-9-5-4-6-18(21)16-23(29)26-19-10-11-22(25-17-19)28-14-12-27(13-15-28)20-7-2-1-3-8-20/h1-11,17H,12-16H2,(H,26,29). The summed E-state index contributed by atoms with van der Waals surface area (Å²) < 4.78 is 13.7. The van der Waals surface area contributed by atoms with Gasteiger partial charge in [0.2, 0.25) is 5.91 Å². The summed E-state index contributed by atoms with van der Waals surface area (Å²) in [4.78, 5) is 21.3. The van der Waals surface area contributed by atoms with Crippen molar-refractivity contribution in [1.82, 2.24) is 4.98 Å². The third-order valence-electron chi connectivity index (χ3n) is 5.07. The second-order valence-corrected chi connectivity index (χ2v) is 7.03. The van der Waals surface area contributed by atoms with E-state index in [1.165, 1.54) is 11.8 Å². The summed E-state index contributed by atoms with van der Waals surface area (Å²) in [5, 5.41) is 2.78. The molecule has 0 atom stereocenters. The van der Waals surface area contributed by atoms with Gasteiger partial charge in [0.25, 0.3) is 0 Å². The number of pyridine rings is 1. The van der Waals surface area contributed by atoms with Crippen LogP contribution in [0, 0.1) is 5.82 Å². The number of hydrogen-bond acceptors (Lipinski definition) is 4. The molecular formula is C23H23FN4O. The highest BCUT2D eigenvalue weighted by Crippen LogP contribution is 2.20. The lowest BCUT2D eigenvalue weighted by atomic mass is 10.1. The first-order valence-corrected chi connectivity index (χ1v) is 9.73. The van der Waals surface area contributed by atoms with Gasteiger partial charge in [-0.25, -0.2) is 9.37 Å². The Hall–Kier alpha value is -3.41. The van der Waals surface area contributed by atoms with Crippen molar-refractivity contribution in [2.45, 2.75) is 6.42 Å². The van der Waals surface area contributed by atoms with Crippen LogP contribution in [0.5, 0.6) is 0 Å². The molecule has 29 heavy (non-hydrogen) atoms. The summed E-state index contributed by atoms with van der Waals surface area (Å²) in [7, 11) is 0. The molecule has 6 heteroatoms. The molecule has 1 fully saturated rings. The van der Waals surface area contributed by atoms with Crippen molar-refractivity contribution in [3.63, 3.8) is 0 Å². The van der Waals surface area contributed by atoms with Gasteiger partial charge in [-0.2, -0.15) is 0 Å². The van der Waals surface area contributed by atoms with E-state index in [4.69, 9.17) is 0 Å². The predicted octanol–water partition coefficient (Wildman–Crippen LogP) is 3.73. The van der Waals surface area contributed by atoms with Crippen LogP contribution in [0.2, 0.25) is 0 Å². The van der Waals surface area contributed by atoms with Gasteiger partial charge in [0, 0.05) is 31.9 Å². The quantitative estimate of drug-likeness (QED) is 0.721. The smallest absolute Gasteiger partial charge is 0.228 e. The van der Waals surface area contributed by atoms with Gasteiger partial charge >= 0.3 is 0 Å². The second kappa shape index (κ2) is 8.73. The van der Waals surface area contributed by atoms with E-state index in [2.05, 4.69) is 44.4 Å². The van der Waals surface area contributed by atoms with Gasteiger partial charge in [0.05, 0.1) is 18.3 Å². The minimum atomic E-state index is -0.370. The number of anilines is 3. The molecule has 2 heterocycles. The molecule has 0 radical (unpaired) electrons. The van der Waals surface area contributed by atoms with Gasteiger partial charge in [-0.05, 0) is 35.9 Å². The molecule has 1 aliphatic rings. The van der Waals surface area contributed by atoms with Gasteiger partial charge in [-0.15, -0.1) is 0 Å². The molecule has 5 nitrogen and oxygen atoms in total. The molecule has 1 amide bonds. The van der Waals surface area contributed by atoms with Crippen molar-refractivity contribution in [3.05, 3.63) is 84.3 Å². The number of nitrogens with zero attached hydrogens (tertiary/aromatic N) is 3. The van der Waals surface area contributed by atoms with E-state index in [1.807, 2.05) is 18.2 Å². The minimum absolute atomic E-state index is 0.00410. The number of nitrogens with one attached hydrogen (secondary N) is 1. The van der Waals surface area contributed by atoms with Crippen LogP contribution in [0.3, 0.4) is 0 Å². The summed E-state index contributed by atoms with van der Waals surface area (Å²) in [5.41, 5.74) is 2.23. The van der Waals surface area contributed by atoms with E-state index in [0.717, 1.165) is 32.0 Å². The van der Waals surface area contributed by atoms with Gasteiger partial charge in [-0.3, -0.25) is 4.79 Å². The number of rotatable bonds is 5. The molecule has 0 unspecified atom stereocenters. The summed E-state index contributed by atoms with van der Waals surface area (Å²) >= 11 is 0. The summed E-state index contributed by atoms with van der Waals surface area (Å²) in [5.74, 6) is 0.261. The predicted molar refractivity (Wildman–Crippen MR) is 114 cm³/mol. The molecule has 0 saturated carbocycles. The van der Waals surface area contributed by atoms with Crippen LogP contribution in [-0.4, -0.2) is 37.1 Å². The highest BCUT2D eigenvalue weighted by molar-refractivity contribution is 5.92. The van der Waals surface area contributed by atoms with Crippen LogP contribution >= 0.6 is 0 Å². The molecule has 3 aromatic rings. The molecule has 148 valence electrons. The monoisotopic (exact) mass is 390 g/mol. The molecular weight excluding hydrogens is 367 g/mol. The highest BCUT2D eigenvalue weighted by atomic mass is 19.1. The number of carbonyl (C=O) groups is 1. The SMILES string of the molecule is O=C(Cc1ccccc1F)Nc1ccc(N2CCN(c3ccccc3)CC2)nc1. The van der Waals surface area contributed by atoms with Crippen LogP contribution in [0.4, 0.5) is 21.6 Å². The van der Waals surface area contributed by atoms with Gasteiger partial charge in [0.1, 0.15) is 11.6 Å². The summed E-state index contributed by atoms with van der Waals surface area (Å²) in [6, 6.07) is 20.5. The number of amides is 1. The van der Waals surface area contributed by atoms with Crippen molar-refractivity contribution in [1.29, 1.82) is 0 Å². The maximum absolute atomic E-state index is 13.7. The van der Waals surface area contributed by atoms with Crippen molar-refractivity contribution in [3.8, 4) is 0 Å². The third-order valence-corrected chi connectivity index (χ3v) is 5.07. The Morgan fingerprint density at radius 2 is 1.59 bits per heavy atom. The Labute approximate surface area is 169 Å². The Kier molecular flexibility index (Phi) is 5.70. The normalized spacial score (nSPS) is 14.0. The summed E-state index contributed by atoms with van der Waals surface area (Å²) in [6.45, 7) is 3.65. The molecule has 2 aromatic carbocycles. The lowest BCUT2D eigenvalue weighted by Crippen LogP contribution is -2.46. The molecule has 0 bridgehead atoms. The molecule has 4 rings (SSSR count). The lowest BCUT2D eigenvalue weighted by molar-refractivity contribution is -0.115. The largest absolute Gasteiger partial charge is 0.368 e. The number of piperazine rings is 1. The van der Waals surface area contributed by atoms with Crippen LogP contribution < -0.4 is 15.1 Å². The Morgan fingerprint density at radius 3 is 2.28 bits per heavy atom. The van der Waals surface area contributed by atoms with E-state index < -0.39 is 0 Å². The molecule has 1 aliphatic heterocycles. The third kappa shape index (κ3) is 4.71. The average Bonchev–Trinajstić information content (AvgIpc) is 2.77. The van der Waals surface area contributed by atoms with Gasteiger partial charge in [-0.1, -0.05) is 36.4 Å². The van der Waals surface area contributed by atoms with E-state index in [-0.39, 0.29) is 18.1 Å². The second-order valence-electron chi connectivity index (χ2n) is 7.03. The molecule has 0 aliphatic carbocycles. The van der Waals surface area contributed by atoms with Crippen LogP contribution in [-0.2, 0) is 11.2 Å². The topological polar surface area (TPSA) is 48.5 Å². The van der Waals surface area contributed by atoms with Crippen LogP contribution in [0.25, 0.3) is 0 Å². The molecule has 0 spiro atoms. The number of hydrogen-bond donors (Lipinski definition) is 1. The fraction of sp³-hybridized carbons (Fsp3) is 0.217. The van der Waals surface area contributed by atoms with E-state index >= 15 is 0 Å². The van der Waals surface area contributed by atoms with E-state index in [0.29, 0.717) is 11.3 Å². The van der Waals surface area contributed by atoms with E-state index in [1.54, 1.807) is 24.4 Å². The van der Waals surface area contributed by atoms with E-state index in [9.17, 15) is 9.18 Å². The Morgan fingerprint density at radius 1 is 0.897 bits per heavy atom. The lowest BCUT2D eigenvalue weighted by Gasteiger charge is -2.36. The van der Waals surface area contributed by atoms with Crippen molar-refractivity contribution in [2.75, 3.05) is 41.3 Å². The Bertz CT molecular complexity index is 954. The first kappa shape index (κ1) is 18.9. The van der Waals surface area contributed by atoms with Crippen molar-refractivity contribution in [2.24, 2.45) is 0 Å². The number of carbonyl (C=O) groups excluding carboxylic acids is 1. The fourth-order valence-electron chi connectivity index (χ4n) is 3.50. The van der Waals surface area contributed by atoms with Gasteiger partial charge < -0.3 is 15.1 Å². The maximum Gasteiger partial charge on any atom is 0.228 e. The maximum atomic E-state index is 13.7. The van der Waals surface area contributed by atoms with Crippen molar-refractivity contribution < 1.29 is 9.18 Å². The zero-order valence-corrected chi connectivity index (χ0v) is 16.1. The molecule has 1 aromatic heterocycles. The number of benzene rings is 2. The number of halogens is 1. The number of aromatic nitrogens is 1. The minimum Gasteiger partial charge on any atom is -0.368 e. The summed E-state index contributed by atoms with van der Waals surface area (Å²) in [6.07, 6.45) is 1.65. The zero-order chi connectivity index (χ0) is 20.1. The fourth-order valence-corrected chi connectivity index (χ4v) is 3.50. The van der Waals surface area contributed by atoms with Crippen molar-refractivity contribution >= 4 is 23.1 Å². The van der Waals surface area contributed by atoms with Gasteiger partial charge in [0.15, 0.2) is 0 Å². The average molecular weight is 390 g/mol. The molecule has 1 saturated heterocycles. The number of para-hydroxylation sites is 1. The van der Waals surface area contributed by atoms with Crippen LogP contribution in [0.1, 0.15) is 5.56 Å². The Balaban J connectivity index is 1.31. The molecule has 1 N–H and O–H groups in total. The first-order valence-electron chi connectivity index (χ1n) is 9.73. The zero-order valence-electron chi connectivity index (χ0n) is 16.1.